The van der Waals surface area contributed by atoms with E-state index in [2.05, 4.69) is 14.9 Å². The van der Waals surface area contributed by atoms with Gasteiger partial charge in [-0.1, -0.05) is 6.07 Å². The highest BCUT2D eigenvalue weighted by Crippen LogP contribution is 2.29. The van der Waals surface area contributed by atoms with Crippen molar-refractivity contribution in [1.29, 1.82) is 0 Å². The Kier molecular flexibility index (Phi) is 3.13. The molecule has 8 nitrogen and oxygen atoms in total. The highest BCUT2D eigenvalue weighted by Gasteiger charge is 2.20. The largest absolute Gasteiger partial charge is 0.505 e. The van der Waals surface area contributed by atoms with Gasteiger partial charge in [0.15, 0.2) is 10.8 Å². The highest BCUT2D eigenvalue weighted by molar-refractivity contribution is 7.92. The molecule has 4 N–H and O–H groups in total. The topological polar surface area (TPSA) is 132 Å². The third-order valence-electron chi connectivity index (χ3n) is 2.28. The van der Waals surface area contributed by atoms with Gasteiger partial charge in [0.25, 0.3) is 10.0 Å². The monoisotopic (exact) mass is 283 g/mol. The van der Waals surface area contributed by atoms with Crippen LogP contribution in [0.1, 0.15) is 10.4 Å². The number of carboxylic acids is 1. The fourth-order valence-corrected chi connectivity index (χ4v) is 2.37. The summed E-state index contributed by atoms with van der Waals surface area (Å²) in [5, 5.41) is 24.1. The SMILES string of the molecule is O=C(O)c1cccc(NS(=O)(=O)c2ccn[nH]2)c1O. The minimum Gasteiger partial charge on any atom is -0.505 e. The van der Waals surface area contributed by atoms with E-state index < -0.39 is 27.3 Å². The molecule has 0 radical (unpaired) electrons. The molecule has 0 atom stereocenters. The summed E-state index contributed by atoms with van der Waals surface area (Å²) in [6.45, 7) is 0. The lowest BCUT2D eigenvalue weighted by Crippen LogP contribution is -2.14. The van der Waals surface area contributed by atoms with E-state index in [9.17, 15) is 18.3 Å². The fourth-order valence-electron chi connectivity index (χ4n) is 1.39. The minimum atomic E-state index is -3.96. The average Bonchev–Trinajstić information content (AvgIpc) is 2.85. The summed E-state index contributed by atoms with van der Waals surface area (Å²) in [5.41, 5.74) is -0.626. The number of phenols is 1. The number of para-hydroxylation sites is 1. The lowest BCUT2D eigenvalue weighted by molar-refractivity contribution is 0.0694. The number of anilines is 1. The third-order valence-corrected chi connectivity index (χ3v) is 3.57. The number of aromatic carboxylic acids is 1. The van der Waals surface area contributed by atoms with Crippen molar-refractivity contribution in [2.24, 2.45) is 0 Å². The van der Waals surface area contributed by atoms with Crippen LogP contribution in [0.15, 0.2) is 35.5 Å². The molecule has 0 aliphatic rings. The van der Waals surface area contributed by atoms with Crippen LogP contribution in [-0.2, 0) is 10.0 Å². The van der Waals surface area contributed by atoms with Crippen molar-refractivity contribution >= 4 is 21.7 Å². The van der Waals surface area contributed by atoms with Gasteiger partial charge < -0.3 is 10.2 Å². The highest BCUT2D eigenvalue weighted by atomic mass is 32.2. The van der Waals surface area contributed by atoms with Crippen LogP contribution in [0.25, 0.3) is 0 Å². The van der Waals surface area contributed by atoms with Gasteiger partial charge in [-0.15, -0.1) is 0 Å². The first kappa shape index (κ1) is 12.9. The molecular weight excluding hydrogens is 274 g/mol. The maximum atomic E-state index is 11.9. The van der Waals surface area contributed by atoms with E-state index in [4.69, 9.17) is 5.11 Å². The summed E-state index contributed by atoms with van der Waals surface area (Å²) < 4.78 is 25.8. The lowest BCUT2D eigenvalue weighted by atomic mass is 10.2. The standard InChI is InChI=1S/C10H9N3O5S/c14-9-6(10(15)16)2-1-3-7(9)13-19(17,18)8-4-5-11-12-8/h1-5,13-14H,(H,11,12)(H,15,16). The van der Waals surface area contributed by atoms with Gasteiger partial charge in [-0.25, -0.2) is 4.79 Å². The van der Waals surface area contributed by atoms with Gasteiger partial charge in [0, 0.05) is 0 Å². The van der Waals surface area contributed by atoms with E-state index in [0.717, 1.165) is 6.07 Å². The van der Waals surface area contributed by atoms with Crippen molar-refractivity contribution in [3.8, 4) is 5.75 Å². The number of aromatic hydroxyl groups is 1. The van der Waals surface area contributed by atoms with Gasteiger partial charge in [0.1, 0.15) is 5.56 Å². The molecule has 0 amide bonds. The number of sulfonamides is 1. The molecule has 0 saturated heterocycles. The molecule has 2 aromatic rings. The number of benzene rings is 1. The number of nitrogens with one attached hydrogen (secondary N) is 2. The predicted molar refractivity (Wildman–Crippen MR) is 64.5 cm³/mol. The van der Waals surface area contributed by atoms with Crippen molar-refractivity contribution in [3.05, 3.63) is 36.0 Å². The van der Waals surface area contributed by atoms with Crippen LogP contribution in [0.5, 0.6) is 5.75 Å². The molecule has 0 spiro atoms. The molecule has 9 heteroatoms. The normalized spacial score (nSPS) is 11.2. The number of nitrogens with zero attached hydrogens (tertiary/aromatic N) is 1. The molecule has 1 heterocycles. The molecule has 0 aliphatic heterocycles. The molecule has 2 rings (SSSR count). The fraction of sp³-hybridized carbons (Fsp3) is 0. The molecule has 0 saturated carbocycles. The number of hydrogen-bond donors (Lipinski definition) is 4. The van der Waals surface area contributed by atoms with E-state index in [1.54, 1.807) is 0 Å². The molecule has 0 fully saturated rings. The van der Waals surface area contributed by atoms with E-state index in [0.29, 0.717) is 0 Å². The van der Waals surface area contributed by atoms with E-state index in [1.807, 2.05) is 0 Å². The van der Waals surface area contributed by atoms with Crippen LogP contribution in [0.3, 0.4) is 0 Å². The summed E-state index contributed by atoms with van der Waals surface area (Å²) in [4.78, 5) is 10.8. The molecule has 1 aromatic heterocycles. The first-order valence-electron chi connectivity index (χ1n) is 4.99. The Bertz CT molecular complexity index is 709. The first-order chi connectivity index (χ1) is 8.92. The minimum absolute atomic E-state index is 0.201. The zero-order chi connectivity index (χ0) is 14.0. The summed E-state index contributed by atoms with van der Waals surface area (Å²) in [7, 11) is -3.96. The van der Waals surface area contributed by atoms with Crippen molar-refractivity contribution in [3.63, 3.8) is 0 Å². The molecule has 19 heavy (non-hydrogen) atoms. The Morgan fingerprint density at radius 1 is 1.32 bits per heavy atom. The van der Waals surface area contributed by atoms with Crippen molar-refractivity contribution < 1.29 is 23.4 Å². The first-order valence-corrected chi connectivity index (χ1v) is 6.47. The zero-order valence-corrected chi connectivity index (χ0v) is 10.2. The number of hydrogen-bond acceptors (Lipinski definition) is 5. The van der Waals surface area contributed by atoms with Crippen LogP contribution in [0, 0.1) is 0 Å². The van der Waals surface area contributed by atoms with Crippen LogP contribution in [0.4, 0.5) is 5.69 Å². The van der Waals surface area contributed by atoms with E-state index >= 15 is 0 Å². The number of carboxylic acid groups (broad SMARTS) is 1. The Balaban J connectivity index is 2.40. The Hall–Kier alpha value is -2.55. The third kappa shape index (κ3) is 2.50. The molecular formula is C10H9N3O5S. The van der Waals surface area contributed by atoms with Gasteiger partial charge in [0.2, 0.25) is 0 Å². The van der Waals surface area contributed by atoms with Gasteiger partial charge in [-0.2, -0.15) is 13.5 Å². The number of H-pyrrole nitrogens is 1. The number of carbonyl (C=O) groups is 1. The second-order valence-electron chi connectivity index (χ2n) is 3.53. The summed E-state index contributed by atoms with van der Waals surface area (Å²) in [6, 6.07) is 4.94. The van der Waals surface area contributed by atoms with Crippen LogP contribution in [0.2, 0.25) is 0 Å². The summed E-state index contributed by atoms with van der Waals surface area (Å²) in [5.74, 6) is -2.02. The maximum Gasteiger partial charge on any atom is 0.339 e. The zero-order valence-electron chi connectivity index (χ0n) is 9.36. The lowest BCUT2D eigenvalue weighted by Gasteiger charge is -2.09. The van der Waals surface area contributed by atoms with Gasteiger partial charge >= 0.3 is 5.97 Å². The smallest absolute Gasteiger partial charge is 0.339 e. The average molecular weight is 283 g/mol. The molecule has 100 valence electrons. The Labute approximate surface area is 107 Å². The van der Waals surface area contributed by atoms with Crippen molar-refractivity contribution in [1.82, 2.24) is 10.2 Å². The van der Waals surface area contributed by atoms with E-state index in [1.165, 1.54) is 24.4 Å². The van der Waals surface area contributed by atoms with Crippen LogP contribution >= 0.6 is 0 Å². The van der Waals surface area contributed by atoms with Crippen molar-refractivity contribution in [2.45, 2.75) is 5.03 Å². The Morgan fingerprint density at radius 2 is 2.05 bits per heavy atom. The number of aromatic amines is 1. The second kappa shape index (κ2) is 4.61. The predicted octanol–water partition coefficient (Wildman–Crippen LogP) is 0.614. The van der Waals surface area contributed by atoms with Crippen molar-refractivity contribution in [2.75, 3.05) is 4.72 Å². The molecule has 0 bridgehead atoms. The summed E-state index contributed by atoms with van der Waals surface area (Å²) in [6.07, 6.45) is 1.25. The Morgan fingerprint density at radius 3 is 2.63 bits per heavy atom. The summed E-state index contributed by atoms with van der Waals surface area (Å²) >= 11 is 0. The molecule has 0 unspecified atom stereocenters. The quantitative estimate of drug-likeness (QED) is 0.608. The van der Waals surface area contributed by atoms with Crippen LogP contribution in [-0.4, -0.2) is 34.8 Å². The number of rotatable bonds is 4. The van der Waals surface area contributed by atoms with Gasteiger partial charge in [-0.05, 0) is 18.2 Å². The van der Waals surface area contributed by atoms with E-state index in [-0.39, 0.29) is 10.7 Å². The maximum absolute atomic E-state index is 11.9. The molecule has 1 aromatic carbocycles. The second-order valence-corrected chi connectivity index (χ2v) is 5.18. The number of aromatic nitrogens is 2. The molecule has 0 aliphatic carbocycles. The van der Waals surface area contributed by atoms with Crippen LogP contribution < -0.4 is 4.72 Å². The van der Waals surface area contributed by atoms with Gasteiger partial charge in [-0.3, -0.25) is 9.82 Å². The van der Waals surface area contributed by atoms with Gasteiger partial charge in [0.05, 0.1) is 11.9 Å².